The van der Waals surface area contributed by atoms with E-state index in [1.807, 2.05) is 52.0 Å². The average Bonchev–Trinajstić information content (AvgIpc) is 2.45. The van der Waals surface area contributed by atoms with Gasteiger partial charge in [-0.3, -0.25) is 14.6 Å². The molecule has 0 aliphatic rings. The molecule has 0 saturated carbocycles. The van der Waals surface area contributed by atoms with E-state index in [9.17, 15) is 9.59 Å². The zero-order chi connectivity index (χ0) is 17.7. The standard InChI is InChI=1S/C20H24N2O2/c1-14-6-5-7-15(10-14)11-17(23)12-16-8-9-21-18(13-16)19(24)22-20(2,3)4/h5-10,13H,11-12H2,1-4H3,(H,22,24). The van der Waals surface area contributed by atoms with Crippen molar-refractivity contribution < 1.29 is 9.59 Å². The maximum Gasteiger partial charge on any atom is 0.270 e. The number of aromatic nitrogens is 1. The van der Waals surface area contributed by atoms with Gasteiger partial charge in [0.25, 0.3) is 5.91 Å². The Morgan fingerprint density at radius 1 is 1.04 bits per heavy atom. The van der Waals surface area contributed by atoms with Crippen LogP contribution >= 0.6 is 0 Å². The van der Waals surface area contributed by atoms with E-state index in [0.717, 1.165) is 16.7 Å². The summed E-state index contributed by atoms with van der Waals surface area (Å²) in [5.41, 5.74) is 2.98. The van der Waals surface area contributed by atoms with E-state index in [-0.39, 0.29) is 17.2 Å². The van der Waals surface area contributed by atoms with Crippen LogP contribution in [0.25, 0.3) is 0 Å². The van der Waals surface area contributed by atoms with E-state index in [4.69, 9.17) is 0 Å². The largest absolute Gasteiger partial charge is 0.346 e. The molecule has 0 bridgehead atoms. The summed E-state index contributed by atoms with van der Waals surface area (Å²) in [6, 6.07) is 11.4. The first-order valence-electron chi connectivity index (χ1n) is 8.07. The minimum absolute atomic E-state index is 0.119. The first kappa shape index (κ1) is 17.9. The molecule has 1 aromatic carbocycles. The summed E-state index contributed by atoms with van der Waals surface area (Å²) in [6.07, 6.45) is 2.27. The van der Waals surface area contributed by atoms with Gasteiger partial charge in [0.1, 0.15) is 11.5 Å². The second-order valence-electron chi connectivity index (χ2n) is 7.13. The summed E-state index contributed by atoms with van der Waals surface area (Å²) in [5, 5.41) is 2.88. The second-order valence-corrected chi connectivity index (χ2v) is 7.13. The van der Waals surface area contributed by atoms with Crippen molar-refractivity contribution >= 4 is 11.7 Å². The Balaban J connectivity index is 2.03. The van der Waals surface area contributed by atoms with Gasteiger partial charge in [-0.05, 0) is 51.0 Å². The summed E-state index contributed by atoms with van der Waals surface area (Å²) in [5.74, 6) is -0.107. The lowest BCUT2D eigenvalue weighted by Crippen LogP contribution is -2.40. The molecule has 1 amide bonds. The van der Waals surface area contributed by atoms with Crippen LogP contribution in [0.4, 0.5) is 0 Å². The fourth-order valence-corrected chi connectivity index (χ4v) is 2.45. The van der Waals surface area contributed by atoms with Gasteiger partial charge in [-0.15, -0.1) is 0 Å². The van der Waals surface area contributed by atoms with Gasteiger partial charge in [0.2, 0.25) is 0 Å². The fourth-order valence-electron chi connectivity index (χ4n) is 2.45. The second kappa shape index (κ2) is 7.39. The van der Waals surface area contributed by atoms with Crippen LogP contribution in [-0.2, 0) is 17.6 Å². The van der Waals surface area contributed by atoms with E-state index < -0.39 is 0 Å². The van der Waals surface area contributed by atoms with Crippen LogP contribution in [0.15, 0.2) is 42.6 Å². The maximum absolute atomic E-state index is 12.3. The first-order chi connectivity index (χ1) is 11.2. The number of pyridine rings is 1. The third kappa shape index (κ3) is 5.61. The number of Topliss-reactive ketones (excluding diaryl/α,β-unsaturated/α-hetero) is 1. The van der Waals surface area contributed by atoms with Crippen molar-refractivity contribution in [3.63, 3.8) is 0 Å². The Hall–Kier alpha value is -2.49. The molecule has 0 fully saturated rings. The molecule has 24 heavy (non-hydrogen) atoms. The lowest BCUT2D eigenvalue weighted by molar-refractivity contribution is -0.117. The van der Waals surface area contributed by atoms with Crippen molar-refractivity contribution in [2.24, 2.45) is 0 Å². The zero-order valence-electron chi connectivity index (χ0n) is 14.7. The van der Waals surface area contributed by atoms with Crippen molar-refractivity contribution in [1.82, 2.24) is 10.3 Å². The summed E-state index contributed by atoms with van der Waals surface area (Å²) in [7, 11) is 0. The Labute approximate surface area is 143 Å². The Kier molecular flexibility index (Phi) is 5.50. The molecule has 2 aromatic rings. The van der Waals surface area contributed by atoms with Gasteiger partial charge in [0.05, 0.1) is 0 Å². The molecular formula is C20H24N2O2. The van der Waals surface area contributed by atoms with Crippen molar-refractivity contribution in [1.29, 1.82) is 0 Å². The lowest BCUT2D eigenvalue weighted by atomic mass is 10.0. The molecule has 0 aliphatic carbocycles. The quantitative estimate of drug-likeness (QED) is 0.918. The lowest BCUT2D eigenvalue weighted by Gasteiger charge is -2.20. The van der Waals surface area contributed by atoms with Crippen LogP contribution < -0.4 is 5.32 Å². The van der Waals surface area contributed by atoms with Crippen molar-refractivity contribution in [2.45, 2.75) is 46.1 Å². The van der Waals surface area contributed by atoms with Crippen LogP contribution in [0.3, 0.4) is 0 Å². The number of carbonyl (C=O) groups excluding carboxylic acids is 2. The zero-order valence-corrected chi connectivity index (χ0v) is 14.7. The third-order valence-electron chi connectivity index (χ3n) is 3.43. The Morgan fingerprint density at radius 2 is 1.71 bits per heavy atom. The number of ketones is 1. The van der Waals surface area contributed by atoms with Crippen LogP contribution in [-0.4, -0.2) is 22.2 Å². The molecule has 1 aromatic heterocycles. The van der Waals surface area contributed by atoms with Crippen molar-refractivity contribution in [2.75, 3.05) is 0 Å². The summed E-state index contributed by atoms with van der Waals surface area (Å²) in [6.45, 7) is 7.76. The highest BCUT2D eigenvalue weighted by Crippen LogP contribution is 2.10. The SMILES string of the molecule is Cc1cccc(CC(=O)Cc2ccnc(C(=O)NC(C)(C)C)c2)c1. The third-order valence-corrected chi connectivity index (χ3v) is 3.43. The highest BCUT2D eigenvalue weighted by molar-refractivity contribution is 5.93. The van der Waals surface area contributed by atoms with Crippen molar-refractivity contribution in [3.8, 4) is 0 Å². The van der Waals surface area contributed by atoms with E-state index in [2.05, 4.69) is 10.3 Å². The molecule has 1 heterocycles. The number of carbonyl (C=O) groups is 2. The summed E-state index contributed by atoms with van der Waals surface area (Å²) in [4.78, 5) is 28.6. The van der Waals surface area contributed by atoms with Gasteiger partial charge in [-0.1, -0.05) is 29.8 Å². The summed E-state index contributed by atoms with van der Waals surface area (Å²) < 4.78 is 0. The molecule has 0 radical (unpaired) electrons. The highest BCUT2D eigenvalue weighted by Gasteiger charge is 2.17. The number of aryl methyl sites for hydroxylation is 1. The Morgan fingerprint density at radius 3 is 2.33 bits per heavy atom. The minimum Gasteiger partial charge on any atom is -0.346 e. The van der Waals surface area contributed by atoms with E-state index in [1.165, 1.54) is 0 Å². The molecule has 0 atom stereocenters. The smallest absolute Gasteiger partial charge is 0.270 e. The highest BCUT2D eigenvalue weighted by atomic mass is 16.2. The van der Waals surface area contributed by atoms with E-state index >= 15 is 0 Å². The predicted octanol–water partition coefficient (Wildman–Crippen LogP) is 3.27. The number of hydrogen-bond acceptors (Lipinski definition) is 3. The van der Waals surface area contributed by atoms with Crippen LogP contribution in [0.5, 0.6) is 0 Å². The summed E-state index contributed by atoms with van der Waals surface area (Å²) >= 11 is 0. The van der Waals surface area contributed by atoms with Gasteiger partial charge in [-0.2, -0.15) is 0 Å². The first-order valence-corrected chi connectivity index (χ1v) is 8.07. The molecule has 4 heteroatoms. The fraction of sp³-hybridized carbons (Fsp3) is 0.350. The number of benzene rings is 1. The van der Waals surface area contributed by atoms with Crippen LogP contribution in [0.2, 0.25) is 0 Å². The Bertz CT molecular complexity index is 745. The predicted molar refractivity (Wildman–Crippen MR) is 95.1 cm³/mol. The van der Waals surface area contributed by atoms with Crippen LogP contribution in [0, 0.1) is 6.92 Å². The van der Waals surface area contributed by atoms with Crippen LogP contribution in [0.1, 0.15) is 48.0 Å². The molecule has 0 aliphatic heterocycles. The van der Waals surface area contributed by atoms with Gasteiger partial charge < -0.3 is 5.32 Å². The van der Waals surface area contributed by atoms with Gasteiger partial charge in [0.15, 0.2) is 0 Å². The molecule has 2 rings (SSSR count). The molecule has 4 nitrogen and oxygen atoms in total. The minimum atomic E-state index is -0.324. The monoisotopic (exact) mass is 324 g/mol. The maximum atomic E-state index is 12.3. The number of amides is 1. The number of nitrogens with one attached hydrogen (secondary N) is 1. The van der Waals surface area contributed by atoms with E-state index in [0.29, 0.717) is 18.5 Å². The topological polar surface area (TPSA) is 59.1 Å². The van der Waals surface area contributed by atoms with Gasteiger partial charge in [-0.25, -0.2) is 0 Å². The molecule has 0 unspecified atom stereocenters. The number of hydrogen-bond donors (Lipinski definition) is 1. The number of nitrogens with zero attached hydrogens (tertiary/aromatic N) is 1. The van der Waals surface area contributed by atoms with Gasteiger partial charge >= 0.3 is 0 Å². The number of rotatable bonds is 5. The molecule has 1 N–H and O–H groups in total. The average molecular weight is 324 g/mol. The molecule has 0 saturated heterocycles. The normalized spacial score (nSPS) is 11.2. The molecule has 126 valence electrons. The molecular weight excluding hydrogens is 300 g/mol. The van der Waals surface area contributed by atoms with Gasteiger partial charge in [0, 0.05) is 24.6 Å². The van der Waals surface area contributed by atoms with E-state index in [1.54, 1.807) is 18.3 Å². The molecule has 0 spiro atoms. The van der Waals surface area contributed by atoms with Crippen molar-refractivity contribution in [3.05, 3.63) is 65.0 Å².